The van der Waals surface area contributed by atoms with Gasteiger partial charge in [0.05, 0.1) is 5.25 Å². The zero-order valence-electron chi connectivity index (χ0n) is 16.3. The molecule has 2 aromatic rings. The van der Waals surface area contributed by atoms with Crippen LogP contribution in [0.5, 0.6) is 0 Å². The summed E-state index contributed by atoms with van der Waals surface area (Å²) in [5.41, 5.74) is 6.85. The molecule has 2 rings (SSSR count). The number of Topliss-reactive ketones (excluding diaryl/α,β-unsaturated/α-hetero) is 1. The molecule has 1 aromatic heterocycles. The Labute approximate surface area is 168 Å². The molecule has 0 unspecified atom stereocenters. The monoisotopic (exact) mass is 403 g/mol. The smallest absolute Gasteiger partial charge is 0.217 e. The molecule has 2 amide bonds. The number of primary amides is 1. The highest BCUT2D eigenvalue weighted by Crippen LogP contribution is 2.24. The van der Waals surface area contributed by atoms with Crippen LogP contribution in [0.3, 0.4) is 0 Å². The van der Waals surface area contributed by atoms with Gasteiger partial charge in [0.2, 0.25) is 11.8 Å². The molecule has 0 spiro atoms. The zero-order chi connectivity index (χ0) is 20.7. The van der Waals surface area contributed by atoms with Crippen molar-refractivity contribution < 1.29 is 14.4 Å². The van der Waals surface area contributed by atoms with Crippen LogP contribution in [0.1, 0.15) is 42.0 Å². The second-order valence-corrected chi connectivity index (χ2v) is 7.79. The van der Waals surface area contributed by atoms with Gasteiger partial charge in [-0.15, -0.1) is 10.2 Å². The molecule has 1 heterocycles. The number of carbonyl (C=O) groups is 3. The topological polar surface area (TPSA) is 120 Å². The van der Waals surface area contributed by atoms with Crippen molar-refractivity contribution in [1.29, 1.82) is 0 Å². The van der Waals surface area contributed by atoms with E-state index in [-0.39, 0.29) is 29.3 Å². The van der Waals surface area contributed by atoms with Gasteiger partial charge < -0.3 is 15.6 Å². The second kappa shape index (κ2) is 10.0. The van der Waals surface area contributed by atoms with Gasteiger partial charge in [-0.25, -0.2) is 0 Å². The third-order valence-corrected chi connectivity index (χ3v) is 5.33. The quantitative estimate of drug-likeness (QED) is 0.455. The first-order valence-corrected chi connectivity index (χ1v) is 9.86. The van der Waals surface area contributed by atoms with Crippen molar-refractivity contribution in [3.8, 4) is 0 Å². The Kier molecular flexibility index (Phi) is 7.74. The number of hydrogen-bond donors (Lipinski definition) is 2. The fraction of sp³-hybridized carbons (Fsp3) is 0.421. The molecule has 8 nitrogen and oxygen atoms in total. The summed E-state index contributed by atoms with van der Waals surface area (Å²) in [7, 11) is 1.81. The molecule has 1 aromatic carbocycles. The van der Waals surface area contributed by atoms with Crippen LogP contribution in [0.4, 0.5) is 0 Å². The van der Waals surface area contributed by atoms with Crippen molar-refractivity contribution in [2.75, 3.05) is 6.54 Å². The fourth-order valence-electron chi connectivity index (χ4n) is 2.57. The van der Waals surface area contributed by atoms with Gasteiger partial charge in [-0.3, -0.25) is 14.4 Å². The minimum atomic E-state index is -0.388. The molecular formula is C19H25N5O3S. The summed E-state index contributed by atoms with van der Waals surface area (Å²) in [5.74, 6) is 0.213. The maximum absolute atomic E-state index is 12.7. The Balaban J connectivity index is 1.95. The molecule has 150 valence electrons. The molecular weight excluding hydrogens is 378 g/mol. The third-order valence-electron chi connectivity index (χ3n) is 4.20. The van der Waals surface area contributed by atoms with Crippen LogP contribution >= 0.6 is 11.8 Å². The van der Waals surface area contributed by atoms with Crippen molar-refractivity contribution in [2.24, 2.45) is 12.8 Å². The molecule has 3 N–H and O–H groups in total. The van der Waals surface area contributed by atoms with E-state index in [4.69, 9.17) is 5.73 Å². The number of aryl methyl sites for hydroxylation is 1. The first-order valence-electron chi connectivity index (χ1n) is 8.98. The molecule has 0 saturated carbocycles. The van der Waals surface area contributed by atoms with Gasteiger partial charge >= 0.3 is 0 Å². The van der Waals surface area contributed by atoms with Crippen molar-refractivity contribution >= 4 is 29.4 Å². The Morgan fingerprint density at radius 3 is 2.46 bits per heavy atom. The zero-order valence-corrected chi connectivity index (χ0v) is 17.1. The number of nitrogens with one attached hydrogen (secondary N) is 1. The van der Waals surface area contributed by atoms with Crippen molar-refractivity contribution in [2.45, 2.75) is 43.5 Å². The third kappa shape index (κ3) is 6.19. The van der Waals surface area contributed by atoms with E-state index in [0.717, 1.165) is 5.56 Å². The number of carbonyl (C=O) groups excluding carboxylic acids is 3. The molecule has 0 bridgehead atoms. The normalized spacial score (nSPS) is 11.8. The van der Waals surface area contributed by atoms with E-state index >= 15 is 0 Å². The minimum absolute atomic E-state index is 0.0000898. The average molecular weight is 404 g/mol. The Hall–Kier alpha value is -2.68. The van der Waals surface area contributed by atoms with E-state index in [1.165, 1.54) is 18.7 Å². The molecule has 0 aliphatic carbocycles. The van der Waals surface area contributed by atoms with Crippen LogP contribution in [0.25, 0.3) is 0 Å². The number of ketones is 1. The van der Waals surface area contributed by atoms with E-state index in [0.29, 0.717) is 35.9 Å². The van der Waals surface area contributed by atoms with Gasteiger partial charge in [0.15, 0.2) is 10.9 Å². The SMILES string of the molecule is CC(=O)NCCc1ccc(C(=O)[C@H](C)Sc2nnc(CCC(N)=O)n2C)cc1. The van der Waals surface area contributed by atoms with Crippen LogP contribution in [-0.2, 0) is 29.5 Å². The number of amides is 2. The lowest BCUT2D eigenvalue weighted by atomic mass is 10.0. The lowest BCUT2D eigenvalue weighted by molar-refractivity contribution is -0.119. The van der Waals surface area contributed by atoms with Gasteiger partial charge in [0.1, 0.15) is 5.82 Å². The molecule has 28 heavy (non-hydrogen) atoms. The van der Waals surface area contributed by atoms with Crippen LogP contribution < -0.4 is 11.1 Å². The van der Waals surface area contributed by atoms with Crippen LogP contribution in [0.15, 0.2) is 29.4 Å². The maximum Gasteiger partial charge on any atom is 0.217 e. The number of benzene rings is 1. The predicted octanol–water partition coefficient (Wildman–Crippen LogP) is 1.28. The number of rotatable bonds is 10. The second-order valence-electron chi connectivity index (χ2n) is 6.48. The molecule has 9 heteroatoms. The first-order chi connectivity index (χ1) is 13.3. The van der Waals surface area contributed by atoms with Crippen molar-refractivity contribution in [1.82, 2.24) is 20.1 Å². The van der Waals surface area contributed by atoms with Crippen LogP contribution in [-0.4, -0.2) is 44.2 Å². The van der Waals surface area contributed by atoms with Gasteiger partial charge in [-0.1, -0.05) is 36.0 Å². The lowest BCUT2D eigenvalue weighted by Gasteiger charge is -2.11. The van der Waals surface area contributed by atoms with E-state index < -0.39 is 0 Å². The van der Waals surface area contributed by atoms with Gasteiger partial charge in [-0.05, 0) is 18.9 Å². The van der Waals surface area contributed by atoms with Crippen LogP contribution in [0.2, 0.25) is 0 Å². The maximum atomic E-state index is 12.7. The summed E-state index contributed by atoms with van der Waals surface area (Å²) >= 11 is 1.33. The van der Waals surface area contributed by atoms with E-state index in [1.807, 2.05) is 19.1 Å². The summed E-state index contributed by atoms with van der Waals surface area (Å²) in [5, 5.41) is 11.2. The average Bonchev–Trinajstić information content (AvgIpc) is 2.99. The highest BCUT2D eigenvalue weighted by Gasteiger charge is 2.20. The van der Waals surface area contributed by atoms with Crippen LogP contribution in [0, 0.1) is 0 Å². The Bertz CT molecular complexity index is 848. The largest absolute Gasteiger partial charge is 0.370 e. The molecule has 1 atom stereocenters. The fourth-order valence-corrected chi connectivity index (χ4v) is 3.48. The van der Waals surface area contributed by atoms with Crippen molar-refractivity contribution in [3.05, 3.63) is 41.2 Å². The standard InChI is InChI=1S/C19H25N5O3S/c1-12(28-19-23-22-17(24(19)3)9-8-16(20)26)18(27)15-6-4-14(5-7-15)10-11-21-13(2)25/h4-7,12H,8-11H2,1-3H3,(H2,20,26)(H,21,25)/t12-/m0/s1. The summed E-state index contributed by atoms with van der Waals surface area (Å²) in [6, 6.07) is 7.41. The minimum Gasteiger partial charge on any atom is -0.370 e. The summed E-state index contributed by atoms with van der Waals surface area (Å²) < 4.78 is 1.78. The number of aromatic nitrogens is 3. The first kappa shape index (κ1) is 21.6. The number of nitrogens with two attached hydrogens (primary N) is 1. The number of nitrogens with zero attached hydrogens (tertiary/aromatic N) is 3. The Morgan fingerprint density at radius 1 is 1.18 bits per heavy atom. The molecule has 0 aliphatic heterocycles. The molecule has 0 fully saturated rings. The highest BCUT2D eigenvalue weighted by atomic mass is 32.2. The molecule has 0 saturated heterocycles. The lowest BCUT2D eigenvalue weighted by Crippen LogP contribution is -2.22. The van der Waals surface area contributed by atoms with Crippen molar-refractivity contribution in [3.63, 3.8) is 0 Å². The summed E-state index contributed by atoms with van der Waals surface area (Å²) in [6.07, 6.45) is 1.34. The van der Waals surface area contributed by atoms with E-state index in [1.54, 1.807) is 23.7 Å². The van der Waals surface area contributed by atoms with Gasteiger partial charge in [-0.2, -0.15) is 0 Å². The number of hydrogen-bond acceptors (Lipinski definition) is 6. The summed E-state index contributed by atoms with van der Waals surface area (Å²) in [4.78, 5) is 34.5. The Morgan fingerprint density at radius 2 is 1.86 bits per heavy atom. The predicted molar refractivity (Wildman–Crippen MR) is 107 cm³/mol. The van der Waals surface area contributed by atoms with Gasteiger partial charge in [0, 0.05) is 38.9 Å². The van der Waals surface area contributed by atoms with Gasteiger partial charge in [0.25, 0.3) is 0 Å². The van der Waals surface area contributed by atoms with E-state index in [9.17, 15) is 14.4 Å². The molecule has 0 radical (unpaired) electrons. The van der Waals surface area contributed by atoms with E-state index in [2.05, 4.69) is 15.5 Å². The highest BCUT2D eigenvalue weighted by molar-refractivity contribution is 8.00. The summed E-state index contributed by atoms with van der Waals surface area (Å²) in [6.45, 7) is 3.88. The molecule has 0 aliphatic rings. The number of thioether (sulfide) groups is 1.